The van der Waals surface area contributed by atoms with E-state index in [1.54, 1.807) is 0 Å². The molecule has 1 aromatic carbocycles. The minimum atomic E-state index is -0.897. The van der Waals surface area contributed by atoms with E-state index in [0.717, 1.165) is 10.0 Å². The highest BCUT2D eigenvalue weighted by Gasteiger charge is 2.44. The van der Waals surface area contributed by atoms with Gasteiger partial charge in [0.25, 0.3) is 0 Å². The lowest BCUT2D eigenvalue weighted by Crippen LogP contribution is -2.62. The molecular formula is C19H26BrNO4. The fourth-order valence-electron chi connectivity index (χ4n) is 2.43. The number of halogens is 1. The molecule has 25 heavy (non-hydrogen) atoms. The van der Waals surface area contributed by atoms with Gasteiger partial charge in [0.05, 0.1) is 13.2 Å². The average molecular weight is 412 g/mol. The van der Waals surface area contributed by atoms with E-state index in [1.165, 1.54) is 0 Å². The Labute approximate surface area is 157 Å². The Bertz CT molecular complexity index is 636. The van der Waals surface area contributed by atoms with Crippen molar-refractivity contribution >= 4 is 27.6 Å². The van der Waals surface area contributed by atoms with Gasteiger partial charge in [0.1, 0.15) is 11.1 Å². The van der Waals surface area contributed by atoms with Crippen LogP contribution in [-0.4, -0.2) is 36.2 Å². The SMILES string of the molecule is C=C(c1ccc(Br)cc1)C1(NC(=O)OC(C)(C)C)COC(C)(C)OC1. The van der Waals surface area contributed by atoms with Gasteiger partial charge in [-0.1, -0.05) is 34.6 Å². The van der Waals surface area contributed by atoms with Gasteiger partial charge in [0.2, 0.25) is 0 Å². The van der Waals surface area contributed by atoms with Gasteiger partial charge < -0.3 is 19.5 Å². The van der Waals surface area contributed by atoms with Crippen LogP contribution in [0.5, 0.6) is 0 Å². The van der Waals surface area contributed by atoms with Gasteiger partial charge in [-0.3, -0.25) is 0 Å². The molecule has 1 amide bonds. The lowest BCUT2D eigenvalue weighted by atomic mass is 9.86. The molecule has 1 aliphatic heterocycles. The molecule has 1 saturated heterocycles. The van der Waals surface area contributed by atoms with Crippen molar-refractivity contribution in [3.05, 3.63) is 40.9 Å². The highest BCUT2D eigenvalue weighted by Crippen LogP contribution is 2.34. The van der Waals surface area contributed by atoms with E-state index in [-0.39, 0.29) is 13.2 Å². The molecule has 5 nitrogen and oxygen atoms in total. The standard InChI is InChI=1S/C19H26BrNO4/c1-13(14-7-9-15(20)10-8-14)19(11-23-18(5,6)24-12-19)21-16(22)25-17(2,3)4/h7-10H,1,11-12H2,2-6H3,(H,21,22). The smallest absolute Gasteiger partial charge is 0.408 e. The number of carbonyl (C=O) groups excluding carboxylic acids is 1. The molecule has 1 heterocycles. The summed E-state index contributed by atoms with van der Waals surface area (Å²) in [6, 6.07) is 7.72. The maximum Gasteiger partial charge on any atom is 0.408 e. The quantitative estimate of drug-likeness (QED) is 0.794. The maximum absolute atomic E-state index is 12.4. The minimum absolute atomic E-state index is 0.244. The van der Waals surface area contributed by atoms with Gasteiger partial charge >= 0.3 is 6.09 Å². The first kappa shape index (κ1) is 19.9. The summed E-state index contributed by atoms with van der Waals surface area (Å²) in [6.45, 7) is 13.8. The number of hydrogen-bond donors (Lipinski definition) is 1. The number of hydrogen-bond acceptors (Lipinski definition) is 4. The second kappa shape index (κ2) is 7.09. The van der Waals surface area contributed by atoms with Crippen molar-refractivity contribution in [3.63, 3.8) is 0 Å². The van der Waals surface area contributed by atoms with Crippen LogP contribution in [0.1, 0.15) is 40.2 Å². The number of ether oxygens (including phenoxy) is 3. The third kappa shape index (κ3) is 5.30. The molecule has 1 N–H and O–H groups in total. The van der Waals surface area contributed by atoms with Crippen molar-refractivity contribution in [2.45, 2.75) is 51.5 Å². The van der Waals surface area contributed by atoms with Crippen LogP contribution >= 0.6 is 15.9 Å². The molecule has 138 valence electrons. The topological polar surface area (TPSA) is 56.8 Å². The van der Waals surface area contributed by atoms with Crippen LogP contribution in [0.4, 0.5) is 4.79 Å². The molecule has 0 spiro atoms. The van der Waals surface area contributed by atoms with Crippen LogP contribution in [0.2, 0.25) is 0 Å². The molecule has 6 heteroatoms. The Morgan fingerprint density at radius 1 is 1.20 bits per heavy atom. The van der Waals surface area contributed by atoms with Crippen molar-refractivity contribution < 1.29 is 19.0 Å². The number of carbonyl (C=O) groups is 1. The molecule has 1 fully saturated rings. The first-order valence-electron chi connectivity index (χ1n) is 8.17. The Morgan fingerprint density at radius 3 is 2.20 bits per heavy atom. The fourth-order valence-corrected chi connectivity index (χ4v) is 2.69. The lowest BCUT2D eigenvalue weighted by Gasteiger charge is -2.45. The molecule has 1 aromatic rings. The third-order valence-corrected chi connectivity index (χ3v) is 4.37. The Morgan fingerprint density at radius 2 is 1.72 bits per heavy atom. The number of amides is 1. The van der Waals surface area contributed by atoms with Gasteiger partial charge in [0.15, 0.2) is 5.79 Å². The number of nitrogens with one attached hydrogen (secondary N) is 1. The zero-order valence-electron chi connectivity index (χ0n) is 15.4. The van der Waals surface area contributed by atoms with Gasteiger partial charge in [-0.25, -0.2) is 4.79 Å². The molecule has 0 saturated carbocycles. The molecule has 0 aliphatic carbocycles. The van der Waals surface area contributed by atoms with E-state index >= 15 is 0 Å². The van der Waals surface area contributed by atoms with E-state index in [4.69, 9.17) is 14.2 Å². The second-order valence-corrected chi connectivity index (χ2v) is 8.59. The van der Waals surface area contributed by atoms with Gasteiger partial charge in [-0.05, 0) is 57.9 Å². The summed E-state index contributed by atoms with van der Waals surface area (Å²) in [6.07, 6.45) is -0.530. The van der Waals surface area contributed by atoms with Crippen molar-refractivity contribution in [2.75, 3.05) is 13.2 Å². The third-order valence-electron chi connectivity index (χ3n) is 3.84. The van der Waals surface area contributed by atoms with Crippen LogP contribution in [0.25, 0.3) is 5.57 Å². The van der Waals surface area contributed by atoms with Crippen molar-refractivity contribution in [1.82, 2.24) is 5.32 Å². The molecule has 0 radical (unpaired) electrons. The lowest BCUT2D eigenvalue weighted by molar-refractivity contribution is -0.262. The summed E-state index contributed by atoms with van der Waals surface area (Å²) in [4.78, 5) is 12.4. The molecular weight excluding hydrogens is 386 g/mol. The van der Waals surface area contributed by atoms with Gasteiger partial charge in [-0.2, -0.15) is 0 Å². The van der Waals surface area contributed by atoms with Crippen LogP contribution in [0, 0.1) is 0 Å². The van der Waals surface area contributed by atoms with Crippen LogP contribution in [0.3, 0.4) is 0 Å². The Balaban J connectivity index is 2.28. The zero-order chi connectivity index (χ0) is 18.9. The molecule has 0 bridgehead atoms. The highest BCUT2D eigenvalue weighted by atomic mass is 79.9. The number of alkyl carbamates (subject to hydrolysis) is 1. The molecule has 0 atom stereocenters. The van der Waals surface area contributed by atoms with E-state index in [1.807, 2.05) is 58.9 Å². The predicted octanol–water partition coefficient (Wildman–Crippen LogP) is 4.51. The van der Waals surface area contributed by atoms with Crippen molar-refractivity contribution in [3.8, 4) is 0 Å². The molecule has 0 unspecified atom stereocenters. The summed E-state index contributed by atoms with van der Waals surface area (Å²) >= 11 is 3.42. The fraction of sp³-hybridized carbons (Fsp3) is 0.526. The molecule has 2 rings (SSSR count). The van der Waals surface area contributed by atoms with E-state index in [2.05, 4.69) is 27.8 Å². The highest BCUT2D eigenvalue weighted by molar-refractivity contribution is 9.10. The van der Waals surface area contributed by atoms with Crippen LogP contribution in [0.15, 0.2) is 35.3 Å². The van der Waals surface area contributed by atoms with E-state index in [0.29, 0.717) is 5.57 Å². The minimum Gasteiger partial charge on any atom is -0.444 e. The summed E-state index contributed by atoms with van der Waals surface area (Å²) in [5, 5.41) is 2.92. The average Bonchev–Trinajstić information content (AvgIpc) is 2.48. The summed E-state index contributed by atoms with van der Waals surface area (Å²) in [5.74, 6) is -0.709. The monoisotopic (exact) mass is 411 g/mol. The van der Waals surface area contributed by atoms with Crippen molar-refractivity contribution in [2.24, 2.45) is 0 Å². The van der Waals surface area contributed by atoms with Crippen LogP contribution in [-0.2, 0) is 14.2 Å². The normalized spacial score (nSPS) is 19.1. The largest absolute Gasteiger partial charge is 0.444 e. The van der Waals surface area contributed by atoms with E-state index < -0.39 is 23.0 Å². The number of benzene rings is 1. The second-order valence-electron chi connectivity index (χ2n) is 7.67. The summed E-state index contributed by atoms with van der Waals surface area (Å²) < 4.78 is 18.0. The van der Waals surface area contributed by atoms with Gasteiger partial charge in [-0.15, -0.1) is 0 Å². The zero-order valence-corrected chi connectivity index (χ0v) is 17.0. The first-order chi connectivity index (χ1) is 11.4. The first-order valence-corrected chi connectivity index (χ1v) is 8.96. The predicted molar refractivity (Wildman–Crippen MR) is 101 cm³/mol. The van der Waals surface area contributed by atoms with Crippen LogP contribution < -0.4 is 5.32 Å². The number of rotatable bonds is 3. The van der Waals surface area contributed by atoms with E-state index in [9.17, 15) is 4.79 Å². The Hall–Kier alpha value is -1.37. The Kier molecular flexibility index (Phi) is 5.66. The molecule has 1 aliphatic rings. The maximum atomic E-state index is 12.4. The summed E-state index contributed by atoms with van der Waals surface area (Å²) in [7, 11) is 0. The van der Waals surface area contributed by atoms with Crippen molar-refractivity contribution in [1.29, 1.82) is 0 Å². The van der Waals surface area contributed by atoms with Gasteiger partial charge in [0, 0.05) is 4.47 Å². The summed E-state index contributed by atoms with van der Waals surface area (Å²) in [5.41, 5.74) is 0.110. The molecule has 0 aromatic heterocycles.